The van der Waals surface area contributed by atoms with Crippen LogP contribution in [0.1, 0.15) is 24.4 Å². The molecule has 0 aliphatic rings. The molecule has 0 radical (unpaired) electrons. The Morgan fingerprint density at radius 3 is 2.71 bits per heavy atom. The third kappa shape index (κ3) is 2.31. The Kier molecular flexibility index (Phi) is 3.45. The first-order valence-electron chi connectivity index (χ1n) is 6.79. The molecule has 0 fully saturated rings. The van der Waals surface area contributed by atoms with Gasteiger partial charge in [-0.05, 0) is 44.2 Å². The van der Waals surface area contributed by atoms with E-state index in [0.29, 0.717) is 0 Å². The summed E-state index contributed by atoms with van der Waals surface area (Å²) in [4.78, 5) is 17.0. The molecule has 0 amide bonds. The van der Waals surface area contributed by atoms with Gasteiger partial charge in [0, 0.05) is 17.2 Å². The number of rotatable bonds is 2. The van der Waals surface area contributed by atoms with Crippen LogP contribution in [0.3, 0.4) is 0 Å². The zero-order chi connectivity index (χ0) is 15.1. The Morgan fingerprint density at radius 1 is 1.24 bits per heavy atom. The van der Waals surface area contributed by atoms with Gasteiger partial charge in [0.05, 0.1) is 22.6 Å². The molecule has 2 aromatic heterocycles. The van der Waals surface area contributed by atoms with Crippen molar-refractivity contribution in [1.82, 2.24) is 14.3 Å². The Balaban J connectivity index is 2.27. The molecular weight excluding hydrogens is 330 g/mol. The average Bonchev–Trinajstić information content (AvgIpc) is 2.70. The lowest BCUT2D eigenvalue weighted by atomic mass is 10.2. The highest BCUT2D eigenvalue weighted by molar-refractivity contribution is 9.10. The normalized spacial score (nSPS) is 12.8. The maximum absolute atomic E-state index is 12.4. The summed E-state index contributed by atoms with van der Waals surface area (Å²) in [5.41, 5.74) is 2.84. The van der Waals surface area contributed by atoms with Gasteiger partial charge in [0.15, 0.2) is 0 Å². The summed E-state index contributed by atoms with van der Waals surface area (Å²) in [5.74, 6) is 0. The molecule has 1 atom stereocenters. The first kappa shape index (κ1) is 14.1. The number of aryl methyl sites for hydroxylation is 1. The van der Waals surface area contributed by atoms with E-state index in [9.17, 15) is 4.79 Å². The Hall–Kier alpha value is -1.88. The van der Waals surface area contributed by atoms with Crippen molar-refractivity contribution in [3.05, 3.63) is 62.6 Å². The number of pyridine rings is 1. The molecule has 21 heavy (non-hydrogen) atoms. The van der Waals surface area contributed by atoms with Gasteiger partial charge in [0.2, 0.25) is 0 Å². The molecule has 0 saturated heterocycles. The number of benzene rings is 1. The summed E-state index contributed by atoms with van der Waals surface area (Å²) in [6, 6.07) is 11.7. The molecule has 3 aromatic rings. The molecule has 0 N–H and O–H groups in total. The van der Waals surface area contributed by atoms with Crippen molar-refractivity contribution in [2.75, 3.05) is 0 Å². The van der Waals surface area contributed by atoms with Crippen LogP contribution in [0.25, 0.3) is 10.9 Å². The van der Waals surface area contributed by atoms with E-state index in [-0.39, 0.29) is 11.6 Å². The van der Waals surface area contributed by atoms with Crippen molar-refractivity contribution in [3.63, 3.8) is 0 Å². The molecule has 1 aromatic carbocycles. The minimum atomic E-state index is -0.0191. The average molecular weight is 346 g/mol. The molecule has 0 aliphatic heterocycles. The van der Waals surface area contributed by atoms with Gasteiger partial charge in [0.25, 0.3) is 5.56 Å². The van der Waals surface area contributed by atoms with Crippen LogP contribution in [-0.2, 0) is 7.05 Å². The Bertz CT molecular complexity index is 879. The SMILES string of the molecule is Cc1cccc(C(C)n2c3cc(Br)ccc3c(=O)n2C)n1. The van der Waals surface area contributed by atoms with Gasteiger partial charge in [-0.25, -0.2) is 0 Å². The first-order valence-corrected chi connectivity index (χ1v) is 7.58. The van der Waals surface area contributed by atoms with E-state index in [1.807, 2.05) is 48.0 Å². The molecule has 5 heteroatoms. The summed E-state index contributed by atoms with van der Waals surface area (Å²) in [6.45, 7) is 4.03. The highest BCUT2D eigenvalue weighted by atomic mass is 79.9. The fourth-order valence-corrected chi connectivity index (χ4v) is 3.05. The van der Waals surface area contributed by atoms with Crippen molar-refractivity contribution < 1.29 is 0 Å². The topological polar surface area (TPSA) is 39.8 Å². The van der Waals surface area contributed by atoms with E-state index in [2.05, 4.69) is 27.8 Å². The lowest BCUT2D eigenvalue weighted by Crippen LogP contribution is -2.22. The molecule has 4 nitrogen and oxygen atoms in total. The van der Waals surface area contributed by atoms with Crippen LogP contribution in [0.4, 0.5) is 0 Å². The molecule has 0 spiro atoms. The number of hydrogen-bond acceptors (Lipinski definition) is 2. The molecule has 2 heterocycles. The van der Waals surface area contributed by atoms with E-state index in [1.165, 1.54) is 0 Å². The second-order valence-corrected chi connectivity index (χ2v) is 6.13. The van der Waals surface area contributed by atoms with Crippen LogP contribution in [0.15, 0.2) is 45.7 Å². The molecular formula is C16H16BrN3O. The zero-order valence-electron chi connectivity index (χ0n) is 12.2. The highest BCUT2D eigenvalue weighted by Gasteiger charge is 2.18. The fraction of sp³-hybridized carbons (Fsp3) is 0.250. The largest absolute Gasteiger partial charge is 0.274 e. The standard InChI is InChI=1S/C16H16BrN3O/c1-10-5-4-6-14(18-10)11(2)20-15-9-12(17)7-8-13(15)16(21)19(20)3/h4-9,11H,1-3H3. The van der Waals surface area contributed by atoms with E-state index in [0.717, 1.165) is 26.8 Å². The maximum atomic E-state index is 12.4. The van der Waals surface area contributed by atoms with Crippen molar-refractivity contribution in [2.24, 2.45) is 7.05 Å². The summed E-state index contributed by atoms with van der Waals surface area (Å²) in [5, 5.41) is 0.722. The molecule has 1 unspecified atom stereocenters. The lowest BCUT2D eigenvalue weighted by molar-refractivity contribution is 0.472. The summed E-state index contributed by atoms with van der Waals surface area (Å²) >= 11 is 3.48. The smallest absolute Gasteiger partial charge is 0.273 e. The Morgan fingerprint density at radius 2 is 2.00 bits per heavy atom. The third-order valence-corrected chi connectivity index (χ3v) is 4.25. The third-order valence-electron chi connectivity index (χ3n) is 3.76. The summed E-state index contributed by atoms with van der Waals surface area (Å²) in [7, 11) is 1.79. The van der Waals surface area contributed by atoms with Gasteiger partial charge in [0.1, 0.15) is 0 Å². The van der Waals surface area contributed by atoms with E-state index < -0.39 is 0 Å². The van der Waals surface area contributed by atoms with Gasteiger partial charge in [-0.3, -0.25) is 19.1 Å². The number of hydrogen-bond donors (Lipinski definition) is 0. The summed E-state index contributed by atoms with van der Waals surface area (Å²) in [6.07, 6.45) is 0. The second kappa shape index (κ2) is 5.15. The fourth-order valence-electron chi connectivity index (χ4n) is 2.70. The second-order valence-electron chi connectivity index (χ2n) is 5.21. The van der Waals surface area contributed by atoms with Gasteiger partial charge < -0.3 is 0 Å². The minimum absolute atomic E-state index is 0.0111. The van der Waals surface area contributed by atoms with Gasteiger partial charge >= 0.3 is 0 Å². The highest BCUT2D eigenvalue weighted by Crippen LogP contribution is 2.24. The number of nitrogens with zero attached hydrogens (tertiary/aromatic N) is 3. The van der Waals surface area contributed by atoms with Crippen LogP contribution < -0.4 is 5.56 Å². The van der Waals surface area contributed by atoms with E-state index >= 15 is 0 Å². The predicted molar refractivity (Wildman–Crippen MR) is 87.7 cm³/mol. The van der Waals surface area contributed by atoms with Crippen molar-refractivity contribution in [2.45, 2.75) is 19.9 Å². The number of aromatic nitrogens is 3. The molecule has 0 saturated carbocycles. The van der Waals surface area contributed by atoms with E-state index in [4.69, 9.17) is 0 Å². The molecule has 108 valence electrons. The zero-order valence-corrected chi connectivity index (χ0v) is 13.8. The monoisotopic (exact) mass is 345 g/mol. The van der Waals surface area contributed by atoms with Gasteiger partial charge in [-0.15, -0.1) is 0 Å². The molecule has 0 aliphatic carbocycles. The first-order chi connectivity index (χ1) is 9.99. The van der Waals surface area contributed by atoms with Gasteiger partial charge in [-0.1, -0.05) is 22.0 Å². The van der Waals surface area contributed by atoms with Crippen LogP contribution in [0, 0.1) is 6.92 Å². The Labute approximate surface area is 131 Å². The number of fused-ring (bicyclic) bond motifs is 1. The van der Waals surface area contributed by atoms with Crippen molar-refractivity contribution in [3.8, 4) is 0 Å². The molecule has 0 bridgehead atoms. The van der Waals surface area contributed by atoms with Crippen molar-refractivity contribution >= 4 is 26.8 Å². The summed E-state index contributed by atoms with van der Waals surface area (Å²) < 4.78 is 4.61. The van der Waals surface area contributed by atoms with Crippen LogP contribution in [-0.4, -0.2) is 14.3 Å². The number of halogens is 1. The maximum Gasteiger partial charge on any atom is 0.274 e. The lowest BCUT2D eigenvalue weighted by Gasteiger charge is -2.17. The van der Waals surface area contributed by atoms with Crippen LogP contribution in [0.2, 0.25) is 0 Å². The predicted octanol–water partition coefficient (Wildman–Crippen LogP) is 3.42. The van der Waals surface area contributed by atoms with Gasteiger partial charge in [-0.2, -0.15) is 0 Å². The van der Waals surface area contributed by atoms with Crippen molar-refractivity contribution in [1.29, 1.82) is 0 Å². The van der Waals surface area contributed by atoms with Crippen LogP contribution in [0.5, 0.6) is 0 Å². The molecule has 3 rings (SSSR count). The quantitative estimate of drug-likeness (QED) is 0.713. The van der Waals surface area contributed by atoms with E-state index in [1.54, 1.807) is 11.7 Å². The van der Waals surface area contributed by atoms with Crippen LogP contribution >= 0.6 is 15.9 Å². The minimum Gasteiger partial charge on any atom is -0.273 e.